The van der Waals surface area contributed by atoms with Crippen LogP contribution >= 0.6 is 11.3 Å². The van der Waals surface area contributed by atoms with E-state index < -0.39 is 0 Å². The molecule has 0 spiro atoms. The van der Waals surface area contributed by atoms with Crippen molar-refractivity contribution < 1.29 is 14.3 Å². The molecule has 1 N–H and O–H groups in total. The third kappa shape index (κ3) is 4.89. The number of thiazole rings is 1. The summed E-state index contributed by atoms with van der Waals surface area (Å²) in [6.07, 6.45) is 0. The van der Waals surface area contributed by atoms with Crippen molar-refractivity contribution in [2.75, 3.05) is 26.9 Å². The van der Waals surface area contributed by atoms with E-state index in [9.17, 15) is 4.79 Å². The van der Waals surface area contributed by atoms with E-state index in [0.717, 1.165) is 17.2 Å². The van der Waals surface area contributed by atoms with Gasteiger partial charge in [0.15, 0.2) is 0 Å². The molecule has 0 saturated carbocycles. The van der Waals surface area contributed by atoms with Crippen molar-refractivity contribution in [3.63, 3.8) is 0 Å². The number of esters is 1. The van der Waals surface area contributed by atoms with E-state index in [0.29, 0.717) is 24.6 Å². The zero-order chi connectivity index (χ0) is 14.3. The predicted octanol–water partition coefficient (Wildman–Crippen LogP) is 2.18. The molecule has 0 amide bonds. The van der Waals surface area contributed by atoms with Gasteiger partial charge in [0.05, 0.1) is 18.9 Å². The Hall–Kier alpha value is -0.980. The van der Waals surface area contributed by atoms with Crippen LogP contribution in [0.4, 0.5) is 0 Å². The van der Waals surface area contributed by atoms with Gasteiger partial charge in [0.1, 0.15) is 9.88 Å². The zero-order valence-corrected chi connectivity index (χ0v) is 12.8. The minimum absolute atomic E-state index is 0.211. The first-order chi connectivity index (χ1) is 9.10. The molecule has 1 heterocycles. The number of methoxy groups -OCH3 is 1. The van der Waals surface area contributed by atoms with E-state index in [1.165, 1.54) is 11.3 Å². The SMILES string of the molecule is CCOC(=O)c1sc(CNCCOC)nc1C(C)C. The Morgan fingerprint density at radius 3 is 2.79 bits per heavy atom. The summed E-state index contributed by atoms with van der Waals surface area (Å²) in [5.41, 5.74) is 0.826. The summed E-state index contributed by atoms with van der Waals surface area (Å²) in [6, 6.07) is 0. The van der Waals surface area contributed by atoms with E-state index in [4.69, 9.17) is 9.47 Å². The maximum atomic E-state index is 11.9. The van der Waals surface area contributed by atoms with Crippen molar-refractivity contribution in [1.29, 1.82) is 0 Å². The lowest BCUT2D eigenvalue weighted by molar-refractivity contribution is 0.0530. The molecule has 0 bridgehead atoms. The van der Waals surface area contributed by atoms with Gasteiger partial charge < -0.3 is 14.8 Å². The molecule has 1 aromatic rings. The van der Waals surface area contributed by atoms with Crippen LogP contribution in [0.15, 0.2) is 0 Å². The summed E-state index contributed by atoms with van der Waals surface area (Å²) in [5.74, 6) is -0.0600. The summed E-state index contributed by atoms with van der Waals surface area (Å²) < 4.78 is 10.0. The van der Waals surface area contributed by atoms with Gasteiger partial charge in [-0.3, -0.25) is 0 Å². The topological polar surface area (TPSA) is 60.5 Å². The Morgan fingerprint density at radius 2 is 2.21 bits per heavy atom. The lowest BCUT2D eigenvalue weighted by Gasteiger charge is -2.04. The number of rotatable bonds is 8. The van der Waals surface area contributed by atoms with Crippen LogP contribution in [0, 0.1) is 0 Å². The quantitative estimate of drug-likeness (QED) is 0.586. The van der Waals surface area contributed by atoms with Crippen LogP contribution in [0.5, 0.6) is 0 Å². The highest BCUT2D eigenvalue weighted by Crippen LogP contribution is 2.26. The second kappa shape index (κ2) is 8.24. The van der Waals surface area contributed by atoms with Gasteiger partial charge in [0.25, 0.3) is 0 Å². The number of aromatic nitrogens is 1. The second-order valence-electron chi connectivity index (χ2n) is 4.37. The molecule has 0 aliphatic carbocycles. The first kappa shape index (κ1) is 16.1. The molecule has 19 heavy (non-hydrogen) atoms. The second-order valence-corrected chi connectivity index (χ2v) is 5.45. The molecule has 5 nitrogen and oxygen atoms in total. The molecule has 0 aliphatic heterocycles. The highest BCUT2D eigenvalue weighted by Gasteiger charge is 2.20. The summed E-state index contributed by atoms with van der Waals surface area (Å²) in [6.45, 7) is 8.32. The van der Waals surface area contributed by atoms with Crippen molar-refractivity contribution >= 4 is 17.3 Å². The number of carbonyl (C=O) groups excluding carboxylic acids is 1. The Bertz CT molecular complexity index is 405. The smallest absolute Gasteiger partial charge is 0.350 e. The summed E-state index contributed by atoms with van der Waals surface area (Å²) in [5, 5.41) is 4.13. The van der Waals surface area contributed by atoms with Gasteiger partial charge in [-0.2, -0.15) is 0 Å². The molecule has 0 aromatic carbocycles. The minimum atomic E-state index is -0.271. The van der Waals surface area contributed by atoms with Gasteiger partial charge in [-0.25, -0.2) is 9.78 Å². The molecule has 6 heteroatoms. The average Bonchev–Trinajstić information content (AvgIpc) is 2.79. The van der Waals surface area contributed by atoms with Gasteiger partial charge in [-0.1, -0.05) is 13.8 Å². The summed E-state index contributed by atoms with van der Waals surface area (Å²) >= 11 is 1.40. The number of carbonyl (C=O) groups is 1. The minimum Gasteiger partial charge on any atom is -0.462 e. The molecule has 0 aliphatic rings. The van der Waals surface area contributed by atoms with Crippen molar-refractivity contribution in [2.24, 2.45) is 0 Å². The Morgan fingerprint density at radius 1 is 1.47 bits per heavy atom. The fourth-order valence-electron chi connectivity index (χ4n) is 1.56. The molecule has 0 unspecified atom stereocenters. The zero-order valence-electron chi connectivity index (χ0n) is 12.0. The van der Waals surface area contributed by atoms with E-state index >= 15 is 0 Å². The van der Waals surface area contributed by atoms with E-state index in [1.807, 2.05) is 13.8 Å². The van der Waals surface area contributed by atoms with Gasteiger partial charge in [-0.15, -0.1) is 11.3 Å². The fraction of sp³-hybridized carbons (Fsp3) is 0.692. The monoisotopic (exact) mass is 286 g/mol. The molecule has 0 atom stereocenters. The average molecular weight is 286 g/mol. The number of ether oxygens (including phenoxy) is 2. The maximum absolute atomic E-state index is 11.9. The van der Waals surface area contributed by atoms with Crippen molar-refractivity contribution in [3.8, 4) is 0 Å². The van der Waals surface area contributed by atoms with Gasteiger partial charge in [0, 0.05) is 20.2 Å². The van der Waals surface area contributed by atoms with Crippen LogP contribution in [0.2, 0.25) is 0 Å². The Balaban J connectivity index is 2.73. The van der Waals surface area contributed by atoms with Crippen LogP contribution in [-0.2, 0) is 16.0 Å². The summed E-state index contributed by atoms with van der Waals surface area (Å²) in [7, 11) is 1.67. The normalized spacial score (nSPS) is 11.0. The molecule has 1 aromatic heterocycles. The predicted molar refractivity (Wildman–Crippen MR) is 75.7 cm³/mol. The Kier molecular flexibility index (Phi) is 6.97. The molecule has 0 radical (unpaired) electrons. The lowest BCUT2D eigenvalue weighted by Crippen LogP contribution is -2.18. The van der Waals surface area contributed by atoms with E-state index in [2.05, 4.69) is 10.3 Å². The standard InChI is InChI=1S/C13H22N2O3S/c1-5-18-13(16)12-11(9(2)3)15-10(19-12)8-14-6-7-17-4/h9,14H,5-8H2,1-4H3. The molecular weight excluding hydrogens is 264 g/mol. The first-order valence-corrected chi connectivity index (χ1v) is 7.28. The van der Waals surface area contributed by atoms with Crippen LogP contribution < -0.4 is 5.32 Å². The first-order valence-electron chi connectivity index (χ1n) is 6.46. The number of nitrogens with one attached hydrogen (secondary N) is 1. The van der Waals surface area contributed by atoms with Crippen molar-refractivity contribution in [3.05, 3.63) is 15.6 Å². The van der Waals surface area contributed by atoms with Gasteiger partial charge in [0.2, 0.25) is 0 Å². The molecule has 0 saturated heterocycles. The van der Waals surface area contributed by atoms with E-state index in [1.54, 1.807) is 14.0 Å². The number of hydrogen-bond donors (Lipinski definition) is 1. The van der Waals surface area contributed by atoms with Gasteiger partial charge in [-0.05, 0) is 12.8 Å². The molecule has 1 rings (SSSR count). The number of hydrogen-bond acceptors (Lipinski definition) is 6. The Labute approximate surface area is 118 Å². The van der Waals surface area contributed by atoms with Crippen LogP contribution in [0.25, 0.3) is 0 Å². The van der Waals surface area contributed by atoms with Gasteiger partial charge >= 0.3 is 5.97 Å². The molecule has 0 fully saturated rings. The highest BCUT2D eigenvalue weighted by molar-refractivity contribution is 7.13. The maximum Gasteiger partial charge on any atom is 0.350 e. The fourth-order valence-corrected chi connectivity index (χ4v) is 2.64. The molecule has 108 valence electrons. The summed E-state index contributed by atoms with van der Waals surface area (Å²) in [4.78, 5) is 17.0. The van der Waals surface area contributed by atoms with Crippen molar-refractivity contribution in [2.45, 2.75) is 33.2 Å². The van der Waals surface area contributed by atoms with Crippen LogP contribution in [-0.4, -0.2) is 37.8 Å². The molecular formula is C13H22N2O3S. The largest absolute Gasteiger partial charge is 0.462 e. The van der Waals surface area contributed by atoms with Crippen LogP contribution in [0.1, 0.15) is 47.1 Å². The van der Waals surface area contributed by atoms with Crippen molar-refractivity contribution in [1.82, 2.24) is 10.3 Å². The third-order valence-electron chi connectivity index (χ3n) is 2.46. The highest BCUT2D eigenvalue weighted by atomic mass is 32.1. The van der Waals surface area contributed by atoms with Crippen LogP contribution in [0.3, 0.4) is 0 Å². The third-order valence-corrected chi connectivity index (χ3v) is 3.52. The number of nitrogens with zero attached hydrogens (tertiary/aromatic N) is 1. The lowest BCUT2D eigenvalue weighted by atomic mass is 10.1. The van der Waals surface area contributed by atoms with E-state index in [-0.39, 0.29) is 11.9 Å².